The standard InChI is InChI=1S/C13H23N3S/c1-9(2)16-5-4-11(8-16)13-15-7-12(17-13)6-10(3)14/h7,9-11H,4-6,8,14H2,1-3H3. The molecule has 1 aliphatic rings. The molecule has 0 spiro atoms. The van der Waals surface area contributed by atoms with Gasteiger partial charge in [-0.3, -0.25) is 0 Å². The Hall–Kier alpha value is -0.450. The van der Waals surface area contributed by atoms with Crippen LogP contribution in [0.15, 0.2) is 6.20 Å². The summed E-state index contributed by atoms with van der Waals surface area (Å²) < 4.78 is 0. The Morgan fingerprint density at radius 1 is 1.53 bits per heavy atom. The van der Waals surface area contributed by atoms with Crippen molar-refractivity contribution in [1.29, 1.82) is 0 Å². The van der Waals surface area contributed by atoms with Crippen LogP contribution in [0.25, 0.3) is 0 Å². The Morgan fingerprint density at radius 3 is 2.88 bits per heavy atom. The molecule has 2 N–H and O–H groups in total. The molecule has 1 aromatic heterocycles. The van der Waals surface area contributed by atoms with Crippen LogP contribution in [-0.4, -0.2) is 35.1 Å². The Kier molecular flexibility index (Phi) is 4.17. The number of nitrogens with two attached hydrogens (primary N) is 1. The van der Waals surface area contributed by atoms with Crippen molar-refractivity contribution < 1.29 is 0 Å². The quantitative estimate of drug-likeness (QED) is 0.895. The van der Waals surface area contributed by atoms with Crippen LogP contribution in [0.3, 0.4) is 0 Å². The van der Waals surface area contributed by atoms with E-state index in [0.29, 0.717) is 12.0 Å². The molecule has 1 aromatic rings. The molecule has 0 aromatic carbocycles. The van der Waals surface area contributed by atoms with E-state index in [1.165, 1.54) is 29.4 Å². The number of hydrogen-bond donors (Lipinski definition) is 1. The average molecular weight is 253 g/mol. The van der Waals surface area contributed by atoms with E-state index in [2.05, 4.69) is 30.7 Å². The number of nitrogens with zero attached hydrogens (tertiary/aromatic N) is 2. The lowest BCUT2D eigenvalue weighted by Gasteiger charge is -2.19. The molecule has 0 saturated carbocycles. The van der Waals surface area contributed by atoms with Gasteiger partial charge < -0.3 is 10.6 Å². The van der Waals surface area contributed by atoms with Crippen molar-refractivity contribution in [3.63, 3.8) is 0 Å². The average Bonchev–Trinajstić information content (AvgIpc) is 2.83. The molecule has 1 fully saturated rings. The molecule has 4 heteroatoms. The van der Waals surface area contributed by atoms with Crippen LogP contribution in [0.4, 0.5) is 0 Å². The molecule has 0 bridgehead atoms. The van der Waals surface area contributed by atoms with E-state index in [-0.39, 0.29) is 6.04 Å². The summed E-state index contributed by atoms with van der Waals surface area (Å²) in [6, 6.07) is 0.891. The van der Waals surface area contributed by atoms with Crippen molar-refractivity contribution in [1.82, 2.24) is 9.88 Å². The first-order valence-corrected chi connectivity index (χ1v) is 7.32. The van der Waals surface area contributed by atoms with E-state index in [4.69, 9.17) is 5.73 Å². The second kappa shape index (κ2) is 5.46. The molecule has 3 nitrogen and oxygen atoms in total. The second-order valence-electron chi connectivity index (χ2n) is 5.42. The van der Waals surface area contributed by atoms with Gasteiger partial charge in [-0.2, -0.15) is 0 Å². The molecule has 2 atom stereocenters. The Balaban J connectivity index is 1.97. The summed E-state index contributed by atoms with van der Waals surface area (Å²) in [4.78, 5) is 8.45. The van der Waals surface area contributed by atoms with Gasteiger partial charge in [0.15, 0.2) is 0 Å². The highest BCUT2D eigenvalue weighted by Gasteiger charge is 2.27. The van der Waals surface area contributed by atoms with Gasteiger partial charge in [0.25, 0.3) is 0 Å². The summed E-state index contributed by atoms with van der Waals surface area (Å²) in [5, 5.41) is 1.31. The zero-order valence-corrected chi connectivity index (χ0v) is 11.8. The van der Waals surface area contributed by atoms with Gasteiger partial charge in [0, 0.05) is 35.6 Å². The predicted molar refractivity (Wildman–Crippen MR) is 73.5 cm³/mol. The number of thiazole rings is 1. The maximum Gasteiger partial charge on any atom is 0.0971 e. The summed E-state index contributed by atoms with van der Waals surface area (Å²) in [7, 11) is 0. The third-order valence-corrected chi connectivity index (χ3v) is 4.58. The number of likely N-dealkylation sites (tertiary alicyclic amines) is 1. The Labute approximate surface area is 108 Å². The van der Waals surface area contributed by atoms with Crippen LogP contribution < -0.4 is 5.73 Å². The van der Waals surface area contributed by atoms with Gasteiger partial charge in [-0.25, -0.2) is 4.98 Å². The molecule has 0 amide bonds. The molecule has 2 heterocycles. The Morgan fingerprint density at radius 2 is 2.29 bits per heavy atom. The fourth-order valence-electron chi connectivity index (χ4n) is 2.38. The SMILES string of the molecule is CC(N)Cc1cnc(C2CCN(C(C)C)C2)s1. The number of aromatic nitrogens is 1. The minimum atomic E-state index is 0.235. The monoisotopic (exact) mass is 253 g/mol. The highest BCUT2D eigenvalue weighted by atomic mass is 32.1. The minimum absolute atomic E-state index is 0.235. The van der Waals surface area contributed by atoms with Crippen molar-refractivity contribution in [3.8, 4) is 0 Å². The van der Waals surface area contributed by atoms with Crippen LogP contribution in [0.1, 0.15) is 43.0 Å². The molecule has 1 saturated heterocycles. The maximum absolute atomic E-state index is 5.82. The van der Waals surface area contributed by atoms with E-state index in [9.17, 15) is 0 Å². The van der Waals surface area contributed by atoms with Gasteiger partial charge in [0.1, 0.15) is 0 Å². The maximum atomic E-state index is 5.82. The molecular weight excluding hydrogens is 230 g/mol. The molecule has 17 heavy (non-hydrogen) atoms. The first-order valence-electron chi connectivity index (χ1n) is 6.50. The Bertz CT molecular complexity index is 359. The third kappa shape index (κ3) is 3.27. The van der Waals surface area contributed by atoms with Gasteiger partial charge in [-0.1, -0.05) is 0 Å². The van der Waals surface area contributed by atoms with Gasteiger partial charge in [-0.05, 0) is 40.2 Å². The highest BCUT2D eigenvalue weighted by Crippen LogP contribution is 2.31. The fraction of sp³-hybridized carbons (Fsp3) is 0.769. The molecule has 96 valence electrons. The summed E-state index contributed by atoms with van der Waals surface area (Å²) in [5.41, 5.74) is 5.82. The van der Waals surface area contributed by atoms with E-state index < -0.39 is 0 Å². The second-order valence-corrected chi connectivity index (χ2v) is 6.57. The lowest BCUT2D eigenvalue weighted by atomic mass is 10.1. The topological polar surface area (TPSA) is 42.1 Å². The molecule has 2 unspecified atom stereocenters. The molecule has 0 aliphatic carbocycles. The molecule has 2 rings (SSSR count). The van der Waals surface area contributed by atoms with Crippen LogP contribution in [0.5, 0.6) is 0 Å². The van der Waals surface area contributed by atoms with Crippen molar-refractivity contribution in [2.45, 2.75) is 51.6 Å². The first kappa shape index (κ1) is 13.0. The normalized spacial score (nSPS) is 23.5. The lowest BCUT2D eigenvalue weighted by Crippen LogP contribution is -2.27. The molecular formula is C13H23N3S. The van der Waals surface area contributed by atoms with Crippen molar-refractivity contribution >= 4 is 11.3 Å². The third-order valence-electron chi connectivity index (χ3n) is 3.39. The van der Waals surface area contributed by atoms with Crippen LogP contribution >= 0.6 is 11.3 Å². The first-order chi connectivity index (χ1) is 8.06. The summed E-state index contributed by atoms with van der Waals surface area (Å²) in [6.07, 6.45) is 4.23. The lowest BCUT2D eigenvalue weighted by molar-refractivity contribution is 0.272. The summed E-state index contributed by atoms with van der Waals surface area (Å²) in [5.74, 6) is 0.643. The summed E-state index contributed by atoms with van der Waals surface area (Å²) in [6.45, 7) is 8.97. The zero-order chi connectivity index (χ0) is 12.4. The van der Waals surface area contributed by atoms with Gasteiger partial charge in [0.05, 0.1) is 5.01 Å². The van der Waals surface area contributed by atoms with E-state index in [1.54, 1.807) is 0 Å². The van der Waals surface area contributed by atoms with Crippen molar-refractivity contribution in [3.05, 3.63) is 16.1 Å². The van der Waals surface area contributed by atoms with Crippen LogP contribution in [0, 0.1) is 0 Å². The van der Waals surface area contributed by atoms with E-state index in [0.717, 1.165) is 6.42 Å². The highest BCUT2D eigenvalue weighted by molar-refractivity contribution is 7.11. The summed E-state index contributed by atoms with van der Waals surface area (Å²) >= 11 is 1.85. The van der Waals surface area contributed by atoms with Crippen molar-refractivity contribution in [2.24, 2.45) is 5.73 Å². The largest absolute Gasteiger partial charge is 0.328 e. The van der Waals surface area contributed by atoms with E-state index in [1.807, 2.05) is 17.5 Å². The van der Waals surface area contributed by atoms with E-state index >= 15 is 0 Å². The number of rotatable bonds is 4. The van der Waals surface area contributed by atoms with Gasteiger partial charge >= 0.3 is 0 Å². The zero-order valence-electron chi connectivity index (χ0n) is 11.0. The predicted octanol–water partition coefficient (Wildman–Crippen LogP) is 2.23. The van der Waals surface area contributed by atoms with Crippen LogP contribution in [0.2, 0.25) is 0 Å². The molecule has 1 aliphatic heterocycles. The van der Waals surface area contributed by atoms with Crippen LogP contribution in [-0.2, 0) is 6.42 Å². The van der Waals surface area contributed by atoms with Crippen molar-refractivity contribution in [2.75, 3.05) is 13.1 Å². The van der Waals surface area contributed by atoms with Gasteiger partial charge in [0.2, 0.25) is 0 Å². The molecule has 0 radical (unpaired) electrons. The number of hydrogen-bond acceptors (Lipinski definition) is 4. The minimum Gasteiger partial charge on any atom is -0.328 e. The fourth-order valence-corrected chi connectivity index (χ4v) is 3.57. The van der Waals surface area contributed by atoms with Gasteiger partial charge in [-0.15, -0.1) is 11.3 Å². The smallest absolute Gasteiger partial charge is 0.0971 e.